The second-order valence-electron chi connectivity index (χ2n) is 6.15. The fourth-order valence-electron chi connectivity index (χ4n) is 1.93. The second kappa shape index (κ2) is 8.96. The molecular weight excluding hydrogens is 292 g/mol. The van der Waals surface area contributed by atoms with Crippen LogP contribution in [0.2, 0.25) is 0 Å². The van der Waals surface area contributed by atoms with Crippen LogP contribution in [-0.4, -0.2) is 38.1 Å². The highest BCUT2D eigenvalue weighted by Gasteiger charge is 2.32. The summed E-state index contributed by atoms with van der Waals surface area (Å²) in [5.74, 6) is 5.24. The number of hydrogen-bond acceptors (Lipinski definition) is 4. The molecule has 1 amide bonds. The summed E-state index contributed by atoms with van der Waals surface area (Å²) in [7, 11) is 1.34. The Morgan fingerprint density at radius 1 is 1.22 bits per heavy atom. The van der Waals surface area contributed by atoms with Crippen molar-refractivity contribution in [1.29, 1.82) is 0 Å². The molecule has 1 atom stereocenters. The predicted molar refractivity (Wildman–Crippen MR) is 89.6 cm³/mol. The highest BCUT2D eigenvalue weighted by molar-refractivity contribution is 5.81. The highest BCUT2D eigenvalue weighted by Crippen LogP contribution is 2.19. The molecule has 124 valence electrons. The Bertz CT molecular complexity index is 580. The number of ether oxygens (including phenoxy) is 1. The van der Waals surface area contributed by atoms with Crippen LogP contribution in [0.25, 0.3) is 0 Å². The minimum Gasteiger partial charge on any atom is -0.468 e. The fraction of sp³-hybridized carbons (Fsp3) is 0.444. The minimum absolute atomic E-state index is 0.0318. The molecule has 1 aromatic carbocycles. The summed E-state index contributed by atoms with van der Waals surface area (Å²) in [6, 6.07) is 9.00. The molecule has 0 saturated heterocycles. The molecule has 0 aliphatic heterocycles. The zero-order valence-corrected chi connectivity index (χ0v) is 14.1. The maximum absolute atomic E-state index is 11.8. The van der Waals surface area contributed by atoms with Crippen LogP contribution < -0.4 is 10.6 Å². The van der Waals surface area contributed by atoms with E-state index >= 15 is 0 Å². The molecule has 0 fully saturated rings. The van der Waals surface area contributed by atoms with E-state index in [4.69, 9.17) is 4.74 Å². The summed E-state index contributed by atoms with van der Waals surface area (Å²) in [5.41, 5.74) is 0.555. The van der Waals surface area contributed by atoms with Crippen LogP contribution in [0.4, 0.5) is 0 Å². The third-order valence-corrected chi connectivity index (χ3v) is 3.15. The number of hydrogen-bond donors (Lipinski definition) is 2. The molecule has 0 bridgehead atoms. The molecule has 0 aromatic heterocycles. The molecular formula is C18H24N2O3. The number of nitrogens with one attached hydrogen (secondary N) is 2. The van der Waals surface area contributed by atoms with Gasteiger partial charge in [-0.2, -0.15) is 0 Å². The van der Waals surface area contributed by atoms with Gasteiger partial charge >= 0.3 is 5.97 Å². The van der Waals surface area contributed by atoms with E-state index in [9.17, 15) is 9.59 Å². The molecule has 5 nitrogen and oxygen atoms in total. The van der Waals surface area contributed by atoms with Gasteiger partial charge in [0.2, 0.25) is 5.91 Å². The highest BCUT2D eigenvalue weighted by atomic mass is 16.5. The Labute approximate surface area is 137 Å². The van der Waals surface area contributed by atoms with Crippen molar-refractivity contribution < 1.29 is 14.3 Å². The van der Waals surface area contributed by atoms with Crippen molar-refractivity contribution in [2.75, 3.05) is 20.2 Å². The maximum atomic E-state index is 11.8. The summed E-state index contributed by atoms with van der Waals surface area (Å²) >= 11 is 0. The molecule has 0 aliphatic carbocycles. The van der Waals surface area contributed by atoms with Gasteiger partial charge in [0.1, 0.15) is 6.04 Å². The van der Waals surface area contributed by atoms with Crippen LogP contribution in [-0.2, 0) is 14.3 Å². The van der Waals surface area contributed by atoms with Gasteiger partial charge in [0, 0.05) is 5.56 Å². The van der Waals surface area contributed by atoms with Crippen LogP contribution in [0.15, 0.2) is 30.3 Å². The first-order valence-corrected chi connectivity index (χ1v) is 7.46. The molecule has 2 N–H and O–H groups in total. The molecule has 0 spiro atoms. The lowest BCUT2D eigenvalue weighted by atomic mass is 9.87. The summed E-state index contributed by atoms with van der Waals surface area (Å²) in [6.45, 7) is 6.01. The zero-order chi connectivity index (χ0) is 17.3. The topological polar surface area (TPSA) is 67.4 Å². The van der Waals surface area contributed by atoms with Gasteiger partial charge in [0.05, 0.1) is 20.2 Å². The van der Waals surface area contributed by atoms with E-state index in [1.165, 1.54) is 7.11 Å². The van der Waals surface area contributed by atoms with Gasteiger partial charge in [0.25, 0.3) is 0 Å². The van der Waals surface area contributed by atoms with Crippen molar-refractivity contribution in [3.63, 3.8) is 0 Å². The second-order valence-corrected chi connectivity index (χ2v) is 6.15. The molecule has 1 aromatic rings. The van der Waals surface area contributed by atoms with E-state index in [0.717, 1.165) is 5.56 Å². The van der Waals surface area contributed by atoms with Crippen molar-refractivity contribution >= 4 is 11.9 Å². The van der Waals surface area contributed by atoms with Crippen LogP contribution in [0.1, 0.15) is 26.3 Å². The Kier molecular flexibility index (Phi) is 7.30. The van der Waals surface area contributed by atoms with E-state index in [-0.39, 0.29) is 30.4 Å². The maximum Gasteiger partial charge on any atom is 0.323 e. The molecule has 0 unspecified atom stereocenters. The number of carbonyl (C=O) groups excluding carboxylic acids is 2. The van der Waals surface area contributed by atoms with E-state index in [2.05, 4.69) is 22.5 Å². The van der Waals surface area contributed by atoms with Gasteiger partial charge in [-0.1, -0.05) is 50.8 Å². The summed E-state index contributed by atoms with van der Waals surface area (Å²) in [4.78, 5) is 23.6. The average molecular weight is 316 g/mol. The Hall–Kier alpha value is -2.32. The third-order valence-electron chi connectivity index (χ3n) is 3.15. The molecule has 23 heavy (non-hydrogen) atoms. The Morgan fingerprint density at radius 3 is 2.43 bits per heavy atom. The lowest BCUT2D eigenvalue weighted by molar-refractivity contribution is -0.146. The van der Waals surface area contributed by atoms with Gasteiger partial charge in [-0.25, -0.2) is 0 Å². The smallest absolute Gasteiger partial charge is 0.323 e. The van der Waals surface area contributed by atoms with Crippen molar-refractivity contribution in [2.24, 2.45) is 5.41 Å². The van der Waals surface area contributed by atoms with Crippen molar-refractivity contribution in [2.45, 2.75) is 26.8 Å². The van der Waals surface area contributed by atoms with Gasteiger partial charge < -0.3 is 10.1 Å². The number of amides is 1. The number of benzene rings is 1. The van der Waals surface area contributed by atoms with E-state index < -0.39 is 6.04 Å². The molecule has 0 aliphatic rings. The SMILES string of the molecule is COC(=O)[C@@H](NCC(=O)NCC#Cc1ccccc1)C(C)(C)C. The number of carbonyl (C=O) groups is 2. The van der Waals surface area contributed by atoms with Crippen LogP contribution in [0.3, 0.4) is 0 Å². The van der Waals surface area contributed by atoms with Crippen molar-refractivity contribution in [3.8, 4) is 11.8 Å². The standard InChI is InChI=1S/C18H24N2O3/c1-18(2,3)16(17(22)23-4)20-13-15(21)19-12-8-11-14-9-6-5-7-10-14/h5-7,9-10,16,20H,12-13H2,1-4H3,(H,19,21)/t16-/m1/s1. The average Bonchev–Trinajstić information content (AvgIpc) is 2.51. The largest absolute Gasteiger partial charge is 0.468 e. The van der Waals surface area contributed by atoms with Crippen LogP contribution >= 0.6 is 0 Å². The summed E-state index contributed by atoms with van der Waals surface area (Å²) in [5, 5.41) is 5.62. The summed E-state index contributed by atoms with van der Waals surface area (Å²) in [6.07, 6.45) is 0. The molecule has 0 heterocycles. The Balaban J connectivity index is 2.42. The monoisotopic (exact) mass is 316 g/mol. The van der Waals surface area contributed by atoms with E-state index in [1.807, 2.05) is 51.1 Å². The number of methoxy groups -OCH3 is 1. The quantitative estimate of drug-likeness (QED) is 0.635. The molecule has 0 radical (unpaired) electrons. The van der Waals surface area contributed by atoms with Gasteiger partial charge in [-0.05, 0) is 17.5 Å². The molecule has 1 rings (SSSR count). The molecule has 5 heteroatoms. The van der Waals surface area contributed by atoms with Crippen LogP contribution in [0, 0.1) is 17.3 Å². The number of rotatable bonds is 5. The predicted octanol–water partition coefficient (Wildman–Crippen LogP) is 1.33. The fourth-order valence-corrected chi connectivity index (χ4v) is 1.93. The number of esters is 1. The summed E-state index contributed by atoms with van der Waals surface area (Å²) < 4.78 is 4.76. The van der Waals surface area contributed by atoms with Gasteiger partial charge in [-0.15, -0.1) is 0 Å². The lowest BCUT2D eigenvalue weighted by Crippen LogP contribution is -2.50. The van der Waals surface area contributed by atoms with E-state index in [0.29, 0.717) is 0 Å². The van der Waals surface area contributed by atoms with Crippen molar-refractivity contribution in [1.82, 2.24) is 10.6 Å². The van der Waals surface area contributed by atoms with Gasteiger partial charge in [0.15, 0.2) is 0 Å². The lowest BCUT2D eigenvalue weighted by Gasteiger charge is -2.28. The first-order valence-electron chi connectivity index (χ1n) is 7.46. The third kappa shape index (κ3) is 6.98. The van der Waals surface area contributed by atoms with Crippen LogP contribution in [0.5, 0.6) is 0 Å². The van der Waals surface area contributed by atoms with E-state index in [1.54, 1.807) is 0 Å². The van der Waals surface area contributed by atoms with Gasteiger partial charge in [-0.3, -0.25) is 14.9 Å². The Morgan fingerprint density at radius 2 is 1.87 bits per heavy atom. The normalized spacial score (nSPS) is 11.8. The zero-order valence-electron chi connectivity index (χ0n) is 14.1. The molecule has 0 saturated carbocycles. The van der Waals surface area contributed by atoms with Crippen molar-refractivity contribution in [3.05, 3.63) is 35.9 Å². The first kappa shape index (κ1) is 18.7. The first-order chi connectivity index (χ1) is 10.8. The minimum atomic E-state index is -0.548.